The van der Waals surface area contributed by atoms with Crippen LogP contribution in [0.25, 0.3) is 0 Å². The van der Waals surface area contributed by atoms with Crippen molar-refractivity contribution in [1.82, 2.24) is 10.3 Å². The van der Waals surface area contributed by atoms with Crippen LogP contribution < -0.4 is 10.1 Å². The topological polar surface area (TPSA) is 46.5 Å². The first-order valence-corrected chi connectivity index (χ1v) is 8.55. The number of aryl methyl sites for hydroxylation is 1. The number of benzene rings is 1. The van der Waals surface area contributed by atoms with Crippen LogP contribution in [0.15, 0.2) is 45.9 Å². The highest BCUT2D eigenvalue weighted by molar-refractivity contribution is 9.10. The molecule has 1 aromatic carbocycles. The Balaban J connectivity index is 2.12. The van der Waals surface area contributed by atoms with Gasteiger partial charge in [-0.3, -0.25) is 0 Å². The van der Waals surface area contributed by atoms with Crippen LogP contribution in [-0.4, -0.2) is 17.9 Å². The molecule has 1 aromatic heterocycles. The largest absolute Gasteiger partial charge is 0.469 e. The van der Waals surface area contributed by atoms with Gasteiger partial charge in [-0.2, -0.15) is 0 Å². The number of aromatic nitrogens is 1. The Hall–Kier alpha value is -1.88. The zero-order valence-corrected chi connectivity index (χ0v) is 15.3. The molecule has 122 valence electrons. The molecule has 1 atom stereocenters. The molecule has 0 saturated heterocycles. The van der Waals surface area contributed by atoms with Crippen molar-refractivity contribution >= 4 is 28.0 Å². The van der Waals surface area contributed by atoms with Gasteiger partial charge in [0.25, 0.3) is 0 Å². The van der Waals surface area contributed by atoms with Crippen molar-refractivity contribution in [3.8, 4) is 5.88 Å². The average molecular weight is 376 g/mol. The van der Waals surface area contributed by atoms with Gasteiger partial charge < -0.3 is 10.1 Å². The van der Waals surface area contributed by atoms with Crippen molar-refractivity contribution in [2.75, 3.05) is 6.54 Å². The third-order valence-electron chi connectivity index (χ3n) is 3.35. The minimum Gasteiger partial charge on any atom is -0.469 e. The summed E-state index contributed by atoms with van der Waals surface area (Å²) < 4.78 is 6.78. The molecule has 2 rings (SSSR count). The Morgan fingerprint density at radius 3 is 2.78 bits per heavy atom. The second-order valence-electron chi connectivity index (χ2n) is 5.26. The van der Waals surface area contributed by atoms with Crippen LogP contribution in [0.2, 0.25) is 0 Å². The van der Waals surface area contributed by atoms with Crippen molar-refractivity contribution in [2.45, 2.75) is 33.3 Å². The molecule has 0 aliphatic carbocycles. The summed E-state index contributed by atoms with van der Waals surface area (Å²) in [5, 5.41) is 3.13. The summed E-state index contributed by atoms with van der Waals surface area (Å²) in [5.74, 6) is 0.583. The molecule has 2 aromatic rings. The molecule has 4 nitrogen and oxygen atoms in total. The van der Waals surface area contributed by atoms with E-state index in [1.54, 1.807) is 6.34 Å². The predicted molar refractivity (Wildman–Crippen MR) is 98.6 cm³/mol. The van der Waals surface area contributed by atoms with Crippen LogP contribution in [-0.2, 0) is 0 Å². The lowest BCUT2D eigenvalue weighted by Crippen LogP contribution is -2.11. The molecule has 0 spiro atoms. The zero-order valence-electron chi connectivity index (χ0n) is 13.7. The average Bonchev–Trinajstić information content (AvgIpc) is 2.56. The Morgan fingerprint density at radius 2 is 2.09 bits per heavy atom. The summed E-state index contributed by atoms with van der Waals surface area (Å²) in [4.78, 5) is 8.92. The molecule has 0 saturated carbocycles. The number of ether oxygens (including phenoxy) is 1. The molecule has 5 heteroatoms. The summed E-state index contributed by atoms with van der Waals surface area (Å²) in [6, 6.07) is 12.0. The Kier molecular flexibility index (Phi) is 6.59. The molecule has 1 unspecified atom stereocenters. The van der Waals surface area contributed by atoms with Gasteiger partial charge in [0.2, 0.25) is 5.88 Å². The number of hydrogen-bond acceptors (Lipinski definition) is 3. The van der Waals surface area contributed by atoms with E-state index in [0.29, 0.717) is 5.88 Å². The van der Waals surface area contributed by atoms with E-state index in [1.165, 1.54) is 0 Å². The molecule has 1 heterocycles. The molecule has 0 radical (unpaired) electrons. The lowest BCUT2D eigenvalue weighted by molar-refractivity contribution is 0.215. The third kappa shape index (κ3) is 5.06. The second kappa shape index (κ2) is 8.67. The zero-order chi connectivity index (χ0) is 16.7. The third-order valence-corrected chi connectivity index (χ3v) is 3.92. The summed E-state index contributed by atoms with van der Waals surface area (Å²) in [6.07, 6.45) is 2.71. The van der Waals surface area contributed by atoms with Gasteiger partial charge in [-0.25, -0.2) is 9.98 Å². The molecule has 1 N–H and O–H groups in total. The Labute approximate surface area is 146 Å². The Bertz CT molecular complexity index is 659. The molecule has 0 aliphatic rings. The van der Waals surface area contributed by atoms with Crippen molar-refractivity contribution in [3.05, 3.63) is 52.1 Å². The van der Waals surface area contributed by atoms with E-state index in [1.807, 2.05) is 50.2 Å². The smallest absolute Gasteiger partial charge is 0.228 e. The predicted octanol–water partition coefficient (Wildman–Crippen LogP) is 4.95. The van der Waals surface area contributed by atoms with Crippen LogP contribution in [0.5, 0.6) is 5.88 Å². The van der Waals surface area contributed by atoms with E-state index >= 15 is 0 Å². The van der Waals surface area contributed by atoms with Gasteiger partial charge in [0.05, 0.1) is 22.2 Å². The van der Waals surface area contributed by atoms with Gasteiger partial charge >= 0.3 is 0 Å². The fraction of sp³-hybridized carbons (Fsp3) is 0.333. The maximum Gasteiger partial charge on any atom is 0.228 e. The van der Waals surface area contributed by atoms with Gasteiger partial charge in [0.15, 0.2) is 0 Å². The van der Waals surface area contributed by atoms with Gasteiger partial charge in [0.1, 0.15) is 6.10 Å². The maximum absolute atomic E-state index is 5.98. The molecular weight excluding hydrogens is 354 g/mol. The van der Waals surface area contributed by atoms with Gasteiger partial charge in [-0.1, -0.05) is 37.3 Å². The normalized spacial score (nSPS) is 12.3. The molecule has 0 amide bonds. The van der Waals surface area contributed by atoms with Crippen molar-refractivity contribution in [2.24, 2.45) is 4.99 Å². The summed E-state index contributed by atoms with van der Waals surface area (Å²) >= 11 is 3.52. The van der Waals surface area contributed by atoms with Gasteiger partial charge in [-0.15, -0.1) is 0 Å². The Morgan fingerprint density at radius 1 is 1.35 bits per heavy atom. The van der Waals surface area contributed by atoms with E-state index in [4.69, 9.17) is 4.74 Å². The van der Waals surface area contributed by atoms with Crippen LogP contribution in [0.1, 0.15) is 37.6 Å². The fourth-order valence-electron chi connectivity index (χ4n) is 2.05. The quantitative estimate of drug-likeness (QED) is 0.422. The SMILES string of the molecule is CCCN/C=N\c1cc(Br)c(OC(C)c2ccccc2)nc1C. The van der Waals surface area contributed by atoms with Crippen LogP contribution in [0.3, 0.4) is 0 Å². The highest BCUT2D eigenvalue weighted by atomic mass is 79.9. The number of halogens is 1. The van der Waals surface area contributed by atoms with Crippen LogP contribution in [0, 0.1) is 6.92 Å². The van der Waals surface area contributed by atoms with E-state index in [9.17, 15) is 0 Å². The monoisotopic (exact) mass is 375 g/mol. The number of rotatable bonds is 7. The number of nitrogens with one attached hydrogen (secondary N) is 1. The van der Waals surface area contributed by atoms with E-state index in [-0.39, 0.29) is 6.10 Å². The molecule has 23 heavy (non-hydrogen) atoms. The molecular formula is C18H22BrN3O. The number of hydrogen-bond donors (Lipinski definition) is 1. The standard InChI is InChI=1S/C18H22BrN3O/c1-4-10-20-12-21-17-11-16(19)18(22-13(17)2)23-14(3)15-8-6-5-7-9-15/h5-9,11-12,14H,4,10H2,1-3H3,(H,20,21). The minimum absolute atomic E-state index is 0.0695. The second-order valence-corrected chi connectivity index (χ2v) is 6.12. The number of nitrogens with zero attached hydrogens (tertiary/aromatic N) is 2. The number of pyridine rings is 1. The van der Waals surface area contributed by atoms with Crippen molar-refractivity contribution < 1.29 is 4.74 Å². The molecule has 0 aliphatic heterocycles. The van der Waals surface area contributed by atoms with Crippen LogP contribution >= 0.6 is 15.9 Å². The lowest BCUT2D eigenvalue weighted by atomic mass is 10.1. The lowest BCUT2D eigenvalue weighted by Gasteiger charge is -2.16. The van der Waals surface area contributed by atoms with E-state index in [0.717, 1.165) is 34.4 Å². The summed E-state index contributed by atoms with van der Waals surface area (Å²) in [7, 11) is 0. The first-order chi connectivity index (χ1) is 11.1. The summed E-state index contributed by atoms with van der Waals surface area (Å²) in [5.41, 5.74) is 2.77. The highest BCUT2D eigenvalue weighted by Gasteiger charge is 2.13. The minimum atomic E-state index is -0.0695. The van der Waals surface area contributed by atoms with Gasteiger partial charge in [0, 0.05) is 6.54 Å². The first kappa shape index (κ1) is 17.5. The highest BCUT2D eigenvalue weighted by Crippen LogP contribution is 2.32. The summed E-state index contributed by atoms with van der Waals surface area (Å²) in [6.45, 7) is 6.97. The molecule has 0 fully saturated rings. The van der Waals surface area contributed by atoms with Gasteiger partial charge in [-0.05, 0) is 47.8 Å². The fourth-order valence-corrected chi connectivity index (χ4v) is 2.45. The number of aliphatic imine (C=N–C) groups is 1. The van der Waals surface area contributed by atoms with Crippen LogP contribution in [0.4, 0.5) is 5.69 Å². The van der Waals surface area contributed by atoms with Crippen molar-refractivity contribution in [1.29, 1.82) is 0 Å². The first-order valence-electron chi connectivity index (χ1n) is 7.76. The molecule has 0 bridgehead atoms. The van der Waals surface area contributed by atoms with Crippen molar-refractivity contribution in [3.63, 3.8) is 0 Å². The van der Waals surface area contributed by atoms with E-state index < -0.39 is 0 Å². The van der Waals surface area contributed by atoms with E-state index in [2.05, 4.69) is 38.1 Å². The maximum atomic E-state index is 5.98.